The second kappa shape index (κ2) is 6.10. The van der Waals surface area contributed by atoms with Gasteiger partial charge in [0.1, 0.15) is 0 Å². The summed E-state index contributed by atoms with van der Waals surface area (Å²) in [6, 6.07) is -0.0924. The Morgan fingerprint density at radius 1 is 1.52 bits per heavy atom. The number of carbonyl (C=O) groups excluding carboxylic acids is 1. The van der Waals surface area contributed by atoms with Gasteiger partial charge in [-0.15, -0.1) is 0 Å². The average Bonchev–Trinajstić information content (AvgIpc) is 2.98. The molecular weight excluding hydrogens is 296 g/mol. The minimum absolute atomic E-state index is 0.0735. The van der Waals surface area contributed by atoms with Crippen molar-refractivity contribution in [3.05, 3.63) is 11.7 Å². The predicted octanol–water partition coefficient (Wildman–Crippen LogP) is -0.197. The molecule has 0 N–H and O–H groups in total. The highest BCUT2D eigenvalue weighted by Gasteiger charge is 2.33. The van der Waals surface area contributed by atoms with Crippen LogP contribution in [0.1, 0.15) is 25.1 Å². The molecule has 1 fully saturated rings. The third-order valence-corrected chi connectivity index (χ3v) is 4.86. The Morgan fingerprint density at radius 3 is 2.71 bits per heavy atom. The van der Waals surface area contributed by atoms with Crippen LogP contribution in [0.5, 0.6) is 0 Å². The lowest BCUT2D eigenvalue weighted by molar-refractivity contribution is -0.130. The maximum Gasteiger partial charge on any atom is 0.223 e. The van der Waals surface area contributed by atoms with E-state index in [0.717, 1.165) is 0 Å². The Bertz CT molecular complexity index is 613. The summed E-state index contributed by atoms with van der Waals surface area (Å²) in [7, 11) is -3.20. The zero-order valence-electron chi connectivity index (χ0n) is 12.4. The fourth-order valence-corrected chi connectivity index (χ4v) is 3.41. The smallest absolute Gasteiger partial charge is 0.223 e. The van der Waals surface area contributed by atoms with Crippen LogP contribution in [0.25, 0.3) is 0 Å². The van der Waals surface area contributed by atoms with Crippen LogP contribution in [-0.4, -0.2) is 65.6 Å². The van der Waals surface area contributed by atoms with E-state index < -0.39 is 10.0 Å². The molecule has 21 heavy (non-hydrogen) atoms. The molecule has 1 aromatic rings. The van der Waals surface area contributed by atoms with Crippen LogP contribution in [0.2, 0.25) is 0 Å². The summed E-state index contributed by atoms with van der Waals surface area (Å²) >= 11 is 0. The molecule has 0 aromatic carbocycles. The van der Waals surface area contributed by atoms with E-state index in [1.807, 2.05) is 0 Å². The van der Waals surface area contributed by atoms with E-state index in [0.29, 0.717) is 44.2 Å². The van der Waals surface area contributed by atoms with Crippen molar-refractivity contribution in [1.82, 2.24) is 19.3 Å². The molecule has 1 amide bonds. The molecular formula is C12H20N4O4S. The SMILES string of the molecule is CC(=O)N(CCc1noc(C)n1)C1CCN(S(C)(=O)=O)C1. The van der Waals surface area contributed by atoms with Crippen LogP contribution in [0.3, 0.4) is 0 Å². The lowest BCUT2D eigenvalue weighted by Gasteiger charge is -2.27. The van der Waals surface area contributed by atoms with E-state index in [-0.39, 0.29) is 11.9 Å². The van der Waals surface area contributed by atoms with Gasteiger partial charge in [-0.2, -0.15) is 4.98 Å². The van der Waals surface area contributed by atoms with Gasteiger partial charge in [-0.05, 0) is 6.42 Å². The molecule has 0 bridgehead atoms. The fourth-order valence-electron chi connectivity index (χ4n) is 2.53. The highest BCUT2D eigenvalue weighted by molar-refractivity contribution is 7.88. The highest BCUT2D eigenvalue weighted by Crippen LogP contribution is 2.18. The molecule has 1 aromatic heterocycles. The largest absolute Gasteiger partial charge is 0.340 e. The maximum atomic E-state index is 11.8. The summed E-state index contributed by atoms with van der Waals surface area (Å²) in [5.74, 6) is 0.968. The molecule has 0 saturated carbocycles. The quantitative estimate of drug-likeness (QED) is 0.746. The number of aromatic nitrogens is 2. The Hall–Kier alpha value is -1.48. The number of hydrogen-bond donors (Lipinski definition) is 0. The van der Waals surface area contributed by atoms with E-state index in [4.69, 9.17) is 4.52 Å². The van der Waals surface area contributed by atoms with E-state index in [2.05, 4.69) is 10.1 Å². The summed E-state index contributed by atoms with van der Waals surface area (Å²) in [5, 5.41) is 3.80. The summed E-state index contributed by atoms with van der Waals surface area (Å²) in [4.78, 5) is 17.6. The molecule has 0 spiro atoms. The lowest BCUT2D eigenvalue weighted by Crippen LogP contribution is -2.42. The zero-order chi connectivity index (χ0) is 15.6. The van der Waals surface area contributed by atoms with Gasteiger partial charge in [0.25, 0.3) is 0 Å². The van der Waals surface area contributed by atoms with Gasteiger partial charge in [0, 0.05) is 45.9 Å². The third-order valence-electron chi connectivity index (χ3n) is 3.59. The van der Waals surface area contributed by atoms with Crippen molar-refractivity contribution in [2.24, 2.45) is 0 Å². The first-order valence-electron chi connectivity index (χ1n) is 6.79. The highest BCUT2D eigenvalue weighted by atomic mass is 32.2. The average molecular weight is 316 g/mol. The van der Waals surface area contributed by atoms with Gasteiger partial charge in [-0.3, -0.25) is 4.79 Å². The van der Waals surface area contributed by atoms with Gasteiger partial charge >= 0.3 is 0 Å². The van der Waals surface area contributed by atoms with Crippen molar-refractivity contribution in [2.45, 2.75) is 32.7 Å². The number of hydrogen-bond acceptors (Lipinski definition) is 6. The molecule has 0 aliphatic carbocycles. The number of amides is 1. The molecule has 0 radical (unpaired) electrons. The van der Waals surface area contributed by atoms with Crippen LogP contribution in [0.15, 0.2) is 4.52 Å². The van der Waals surface area contributed by atoms with Gasteiger partial charge in [0.15, 0.2) is 5.82 Å². The van der Waals surface area contributed by atoms with Gasteiger partial charge in [0.05, 0.1) is 6.26 Å². The molecule has 9 heteroatoms. The molecule has 1 saturated heterocycles. The zero-order valence-corrected chi connectivity index (χ0v) is 13.3. The Labute approximate surface area is 124 Å². The third kappa shape index (κ3) is 4.01. The van der Waals surface area contributed by atoms with Crippen LogP contribution >= 0.6 is 0 Å². The molecule has 2 rings (SSSR count). The van der Waals surface area contributed by atoms with Gasteiger partial charge in [0.2, 0.25) is 21.8 Å². The van der Waals surface area contributed by atoms with Crippen molar-refractivity contribution in [1.29, 1.82) is 0 Å². The number of carbonyl (C=O) groups is 1. The van der Waals surface area contributed by atoms with Gasteiger partial charge < -0.3 is 9.42 Å². The van der Waals surface area contributed by atoms with Crippen molar-refractivity contribution in [2.75, 3.05) is 25.9 Å². The summed E-state index contributed by atoms with van der Waals surface area (Å²) in [6.45, 7) is 4.46. The molecule has 8 nitrogen and oxygen atoms in total. The van der Waals surface area contributed by atoms with Crippen molar-refractivity contribution >= 4 is 15.9 Å². The minimum Gasteiger partial charge on any atom is -0.340 e. The summed E-state index contributed by atoms with van der Waals surface area (Å²) in [5.41, 5.74) is 0. The van der Waals surface area contributed by atoms with E-state index in [9.17, 15) is 13.2 Å². The summed E-state index contributed by atoms with van der Waals surface area (Å²) < 4.78 is 29.4. The first-order valence-corrected chi connectivity index (χ1v) is 8.63. The second-order valence-electron chi connectivity index (χ2n) is 5.26. The van der Waals surface area contributed by atoms with Crippen LogP contribution in [-0.2, 0) is 21.2 Å². The standard InChI is InChI=1S/C12H20N4O4S/c1-9-13-12(14-20-9)5-7-16(10(2)17)11-4-6-15(8-11)21(3,18)19/h11H,4-8H2,1-3H3. The maximum absolute atomic E-state index is 11.8. The number of rotatable bonds is 5. The van der Waals surface area contributed by atoms with Gasteiger partial charge in [-0.25, -0.2) is 12.7 Å². The monoisotopic (exact) mass is 316 g/mol. The molecule has 1 aliphatic rings. The van der Waals surface area contributed by atoms with E-state index >= 15 is 0 Å². The molecule has 1 unspecified atom stereocenters. The van der Waals surface area contributed by atoms with Crippen LogP contribution < -0.4 is 0 Å². The molecule has 1 aliphatic heterocycles. The fraction of sp³-hybridized carbons (Fsp3) is 0.750. The number of aryl methyl sites for hydroxylation is 1. The van der Waals surface area contributed by atoms with Crippen molar-refractivity contribution in [3.8, 4) is 0 Å². The van der Waals surface area contributed by atoms with Crippen LogP contribution in [0, 0.1) is 6.92 Å². The first-order chi connectivity index (χ1) is 9.77. The Balaban J connectivity index is 1.98. The summed E-state index contributed by atoms with van der Waals surface area (Å²) in [6.07, 6.45) is 2.33. The predicted molar refractivity (Wildman–Crippen MR) is 74.9 cm³/mol. The van der Waals surface area contributed by atoms with Crippen molar-refractivity contribution in [3.63, 3.8) is 0 Å². The normalized spacial score (nSPS) is 19.9. The molecule has 2 heterocycles. The van der Waals surface area contributed by atoms with Crippen LogP contribution in [0.4, 0.5) is 0 Å². The van der Waals surface area contributed by atoms with E-state index in [1.54, 1.807) is 11.8 Å². The Morgan fingerprint density at radius 2 is 2.24 bits per heavy atom. The molecule has 118 valence electrons. The minimum atomic E-state index is -3.20. The first kappa shape index (κ1) is 15.9. The topological polar surface area (TPSA) is 96.6 Å². The number of sulfonamides is 1. The second-order valence-corrected chi connectivity index (χ2v) is 7.24. The van der Waals surface area contributed by atoms with Crippen molar-refractivity contribution < 1.29 is 17.7 Å². The lowest BCUT2D eigenvalue weighted by atomic mass is 10.2. The van der Waals surface area contributed by atoms with E-state index in [1.165, 1.54) is 17.5 Å². The number of nitrogens with zero attached hydrogens (tertiary/aromatic N) is 4. The van der Waals surface area contributed by atoms with Gasteiger partial charge in [-0.1, -0.05) is 5.16 Å². The molecule has 1 atom stereocenters. The Kier molecular flexibility index (Phi) is 4.62.